The number of alkyl halides is 3. The van der Waals surface area contributed by atoms with Crippen molar-refractivity contribution in [2.45, 2.75) is 45.3 Å². The number of piperazine rings is 1. The summed E-state index contributed by atoms with van der Waals surface area (Å²) in [4.78, 5) is 41.5. The van der Waals surface area contributed by atoms with Gasteiger partial charge in [0.15, 0.2) is 11.5 Å². The molecule has 2 aliphatic heterocycles. The minimum Gasteiger partial charge on any atom is -0.351 e. The van der Waals surface area contributed by atoms with Gasteiger partial charge in [-0.2, -0.15) is 13.2 Å². The van der Waals surface area contributed by atoms with Crippen LogP contribution in [0.2, 0.25) is 0 Å². The Labute approximate surface area is 206 Å². The third-order valence-corrected chi connectivity index (χ3v) is 6.43. The molecule has 0 bridgehead atoms. The van der Waals surface area contributed by atoms with E-state index in [4.69, 9.17) is 0 Å². The Morgan fingerprint density at radius 3 is 2.64 bits per heavy atom. The summed E-state index contributed by atoms with van der Waals surface area (Å²) in [5.74, 6) is -1.25. The van der Waals surface area contributed by atoms with Crippen molar-refractivity contribution in [1.82, 2.24) is 20.4 Å². The second-order valence-electron chi connectivity index (χ2n) is 8.83. The highest BCUT2D eigenvalue weighted by atomic mass is 19.4. The Bertz CT molecular complexity index is 1190. The first-order chi connectivity index (χ1) is 17.1. The third kappa shape index (κ3) is 4.84. The van der Waals surface area contributed by atoms with Crippen LogP contribution in [0.15, 0.2) is 24.3 Å². The van der Waals surface area contributed by atoms with E-state index in [0.29, 0.717) is 23.6 Å². The summed E-state index contributed by atoms with van der Waals surface area (Å²) in [5, 5.41) is 13.8. The number of benzene rings is 1. The second-order valence-corrected chi connectivity index (χ2v) is 8.83. The molecular formula is C24H27F3N6O3. The van der Waals surface area contributed by atoms with Gasteiger partial charge in [0.25, 0.3) is 11.8 Å². The van der Waals surface area contributed by atoms with Crippen molar-refractivity contribution in [2.24, 2.45) is 0 Å². The quantitative estimate of drug-likeness (QED) is 0.586. The normalized spacial score (nSPS) is 17.2. The van der Waals surface area contributed by atoms with Crippen molar-refractivity contribution in [1.29, 1.82) is 0 Å². The zero-order valence-corrected chi connectivity index (χ0v) is 20.0. The summed E-state index contributed by atoms with van der Waals surface area (Å²) in [6, 6.07) is 3.75. The lowest BCUT2D eigenvalue weighted by atomic mass is 10.0. The van der Waals surface area contributed by atoms with E-state index in [0.717, 1.165) is 31.4 Å². The molecule has 1 aromatic carbocycles. The number of fused-ring (bicyclic) bond motifs is 3. The number of nitrogens with one attached hydrogen (secondary N) is 2. The monoisotopic (exact) mass is 504 g/mol. The van der Waals surface area contributed by atoms with Crippen molar-refractivity contribution in [2.75, 3.05) is 36.4 Å². The van der Waals surface area contributed by atoms with Crippen molar-refractivity contribution in [3.63, 3.8) is 0 Å². The van der Waals surface area contributed by atoms with Gasteiger partial charge in [-0.1, -0.05) is 31.9 Å². The zero-order valence-electron chi connectivity index (χ0n) is 20.0. The highest BCUT2D eigenvalue weighted by Gasteiger charge is 2.42. The summed E-state index contributed by atoms with van der Waals surface area (Å²) in [5.41, 5.74) is -0.524. The molecule has 1 fully saturated rings. The summed E-state index contributed by atoms with van der Waals surface area (Å²) < 4.78 is 40.2. The summed E-state index contributed by atoms with van der Waals surface area (Å²) in [7, 11) is 0. The van der Waals surface area contributed by atoms with Gasteiger partial charge in [-0.25, -0.2) is 0 Å². The molecule has 0 spiro atoms. The van der Waals surface area contributed by atoms with Crippen LogP contribution in [0, 0.1) is 6.92 Å². The van der Waals surface area contributed by atoms with Gasteiger partial charge in [0.2, 0.25) is 5.91 Å². The lowest BCUT2D eigenvalue weighted by Gasteiger charge is -2.44. The summed E-state index contributed by atoms with van der Waals surface area (Å²) in [6.45, 7) is 4.39. The van der Waals surface area contributed by atoms with E-state index in [1.165, 1.54) is 17.0 Å². The van der Waals surface area contributed by atoms with Crippen LogP contribution in [0.3, 0.4) is 0 Å². The number of hydrogen-bond acceptors (Lipinski definition) is 6. The van der Waals surface area contributed by atoms with Crippen LogP contribution in [-0.4, -0.2) is 65.0 Å². The van der Waals surface area contributed by atoms with E-state index in [1.807, 2.05) is 0 Å². The fraction of sp³-hybridized carbons (Fsp3) is 0.458. The number of anilines is 2. The molecule has 0 radical (unpaired) electrons. The molecule has 36 heavy (non-hydrogen) atoms. The summed E-state index contributed by atoms with van der Waals surface area (Å²) in [6.07, 6.45) is -1.83. The minimum atomic E-state index is -4.68. The highest BCUT2D eigenvalue weighted by molar-refractivity contribution is 6.06. The Morgan fingerprint density at radius 2 is 1.92 bits per heavy atom. The van der Waals surface area contributed by atoms with Crippen LogP contribution in [0.5, 0.6) is 0 Å². The highest BCUT2D eigenvalue weighted by Crippen LogP contribution is 2.36. The topological polar surface area (TPSA) is 108 Å². The first kappa shape index (κ1) is 25.4. The first-order valence-corrected chi connectivity index (χ1v) is 11.8. The van der Waals surface area contributed by atoms with Gasteiger partial charge in [0.05, 0.1) is 23.4 Å². The maximum absolute atomic E-state index is 13.4. The average molecular weight is 505 g/mol. The maximum Gasteiger partial charge on any atom is 0.417 e. The molecule has 192 valence electrons. The lowest BCUT2D eigenvalue weighted by Crippen LogP contribution is -2.61. The van der Waals surface area contributed by atoms with Crippen LogP contribution in [-0.2, 0) is 11.0 Å². The number of carbonyl (C=O) groups is 3. The molecule has 2 aromatic rings. The lowest BCUT2D eigenvalue weighted by molar-refractivity contribution is -0.138. The number of rotatable bonds is 6. The van der Waals surface area contributed by atoms with Crippen molar-refractivity contribution in [3.05, 3.63) is 46.6 Å². The number of aromatic nitrogens is 2. The zero-order chi connectivity index (χ0) is 26.0. The standard InChI is InChI=1S/C24H27F3N6O3/c1-3-4-7-10-28-22(35)19-14(2)18-20(31-30-19)33-12-11-32(13-17(33)21(34)29-18)23(36)15-8-5-6-9-16(15)24(25,26)27/h5-6,8-9,17H,3-4,7,10-13H2,1-2H3,(H,28,35)(H,29,34). The predicted molar refractivity (Wildman–Crippen MR) is 126 cm³/mol. The first-order valence-electron chi connectivity index (χ1n) is 11.8. The van der Waals surface area contributed by atoms with Crippen molar-refractivity contribution < 1.29 is 27.6 Å². The molecule has 1 unspecified atom stereocenters. The van der Waals surface area contributed by atoms with Crippen LogP contribution >= 0.6 is 0 Å². The number of amides is 3. The molecule has 2 N–H and O–H groups in total. The number of nitrogens with zero attached hydrogens (tertiary/aromatic N) is 4. The Morgan fingerprint density at radius 1 is 1.17 bits per heavy atom. The Balaban J connectivity index is 1.53. The molecule has 12 heteroatoms. The molecule has 0 saturated carbocycles. The number of carbonyl (C=O) groups excluding carboxylic acids is 3. The Hall–Kier alpha value is -3.70. The van der Waals surface area contributed by atoms with E-state index in [2.05, 4.69) is 27.8 Å². The van der Waals surface area contributed by atoms with Gasteiger partial charge < -0.3 is 20.4 Å². The minimum absolute atomic E-state index is 0.0919. The van der Waals surface area contributed by atoms with Crippen molar-refractivity contribution in [3.8, 4) is 0 Å². The van der Waals surface area contributed by atoms with E-state index in [1.54, 1.807) is 11.8 Å². The van der Waals surface area contributed by atoms with Crippen molar-refractivity contribution >= 4 is 29.2 Å². The fourth-order valence-corrected chi connectivity index (χ4v) is 4.47. The molecule has 4 rings (SSSR count). The molecule has 2 aliphatic rings. The predicted octanol–water partition coefficient (Wildman–Crippen LogP) is 3.01. The smallest absolute Gasteiger partial charge is 0.351 e. The number of halogens is 3. The molecular weight excluding hydrogens is 477 g/mol. The van der Waals surface area contributed by atoms with Gasteiger partial charge in [-0.15, -0.1) is 10.2 Å². The van der Waals surface area contributed by atoms with E-state index in [9.17, 15) is 27.6 Å². The van der Waals surface area contributed by atoms with E-state index < -0.39 is 35.2 Å². The van der Waals surface area contributed by atoms with E-state index in [-0.39, 0.29) is 31.2 Å². The molecule has 1 atom stereocenters. The van der Waals surface area contributed by atoms with Gasteiger partial charge in [-0.05, 0) is 25.5 Å². The summed E-state index contributed by atoms with van der Waals surface area (Å²) >= 11 is 0. The van der Waals surface area contributed by atoms with Gasteiger partial charge >= 0.3 is 6.18 Å². The van der Waals surface area contributed by atoms with Crippen LogP contribution in [0.1, 0.15) is 58.2 Å². The molecule has 1 saturated heterocycles. The molecule has 9 nitrogen and oxygen atoms in total. The molecule has 0 aliphatic carbocycles. The average Bonchev–Trinajstić information content (AvgIpc) is 2.86. The maximum atomic E-state index is 13.4. The van der Waals surface area contributed by atoms with E-state index >= 15 is 0 Å². The Kier molecular flexibility index (Phi) is 7.14. The SMILES string of the molecule is CCCCCNC(=O)c1nnc2c(c1C)NC(=O)C1CN(C(=O)c3ccccc3C(F)(F)F)CCN21. The number of unbranched alkanes of at least 4 members (excludes halogenated alkanes) is 2. The molecule has 3 amide bonds. The van der Waals surface area contributed by atoms with Crippen LogP contribution in [0.4, 0.5) is 24.7 Å². The molecule has 3 heterocycles. The fourth-order valence-electron chi connectivity index (χ4n) is 4.47. The van der Waals surface area contributed by atoms with Crippen LogP contribution in [0.25, 0.3) is 0 Å². The largest absolute Gasteiger partial charge is 0.417 e. The van der Waals surface area contributed by atoms with Crippen LogP contribution < -0.4 is 15.5 Å². The van der Waals surface area contributed by atoms with Gasteiger partial charge in [0, 0.05) is 25.2 Å². The second kappa shape index (κ2) is 10.1. The van der Waals surface area contributed by atoms with Gasteiger partial charge in [0.1, 0.15) is 6.04 Å². The third-order valence-electron chi connectivity index (χ3n) is 6.43. The van der Waals surface area contributed by atoms with Gasteiger partial charge in [-0.3, -0.25) is 14.4 Å². The molecule has 1 aromatic heterocycles. The number of hydrogen-bond donors (Lipinski definition) is 2.